The molecule has 1 amide bonds. The van der Waals surface area contributed by atoms with E-state index >= 15 is 0 Å². The van der Waals surface area contributed by atoms with Gasteiger partial charge in [-0.3, -0.25) is 4.79 Å². The van der Waals surface area contributed by atoms with Gasteiger partial charge in [0.05, 0.1) is 23.7 Å². The van der Waals surface area contributed by atoms with E-state index in [4.69, 9.17) is 0 Å². The molecule has 0 bridgehead atoms. The standard InChI is InChI=1S/C18H19N3O2S/c1-12(24-18-19-10-14(11-22)21(18)2)17(23)20-16-9-5-7-13-6-3-4-8-15(13)16/h3-10,12,22H,11H2,1-2H3,(H,20,23). The summed E-state index contributed by atoms with van der Waals surface area (Å²) in [6.07, 6.45) is 1.62. The molecule has 0 saturated carbocycles. The molecule has 0 fully saturated rings. The molecule has 124 valence electrons. The molecule has 2 aromatic carbocycles. The van der Waals surface area contributed by atoms with E-state index in [0.29, 0.717) is 5.16 Å². The Labute approximate surface area is 144 Å². The van der Waals surface area contributed by atoms with Crippen molar-refractivity contribution in [3.05, 3.63) is 54.4 Å². The lowest BCUT2D eigenvalue weighted by atomic mass is 10.1. The van der Waals surface area contributed by atoms with Gasteiger partial charge in [0.25, 0.3) is 0 Å². The van der Waals surface area contributed by atoms with E-state index in [1.807, 2.05) is 56.4 Å². The Bertz CT molecular complexity index is 870. The van der Waals surface area contributed by atoms with Crippen LogP contribution in [0.3, 0.4) is 0 Å². The normalized spacial score (nSPS) is 12.3. The van der Waals surface area contributed by atoms with Crippen molar-refractivity contribution in [3.8, 4) is 0 Å². The molecule has 2 N–H and O–H groups in total. The van der Waals surface area contributed by atoms with E-state index in [-0.39, 0.29) is 17.8 Å². The fourth-order valence-corrected chi connectivity index (χ4v) is 3.33. The number of carbonyl (C=O) groups excluding carboxylic acids is 1. The number of fused-ring (bicyclic) bond motifs is 1. The van der Waals surface area contributed by atoms with Gasteiger partial charge < -0.3 is 15.0 Å². The Hall–Kier alpha value is -2.31. The van der Waals surface area contributed by atoms with E-state index in [9.17, 15) is 9.90 Å². The first-order chi connectivity index (χ1) is 11.6. The van der Waals surface area contributed by atoms with Crippen molar-refractivity contribution in [2.75, 3.05) is 5.32 Å². The molecule has 3 aromatic rings. The highest BCUT2D eigenvalue weighted by atomic mass is 32.2. The number of aromatic nitrogens is 2. The molecule has 5 nitrogen and oxygen atoms in total. The molecule has 0 spiro atoms. The van der Waals surface area contributed by atoms with Crippen molar-refractivity contribution in [3.63, 3.8) is 0 Å². The molecule has 24 heavy (non-hydrogen) atoms. The fourth-order valence-electron chi connectivity index (χ4n) is 2.46. The predicted molar refractivity (Wildman–Crippen MR) is 97.0 cm³/mol. The molecule has 0 saturated heterocycles. The van der Waals surface area contributed by atoms with Crippen LogP contribution in [-0.4, -0.2) is 25.8 Å². The molecule has 0 aliphatic rings. The molecule has 0 aliphatic heterocycles. The molecule has 0 aliphatic carbocycles. The summed E-state index contributed by atoms with van der Waals surface area (Å²) in [5.41, 5.74) is 1.53. The molecule has 6 heteroatoms. The summed E-state index contributed by atoms with van der Waals surface area (Å²) in [5, 5.41) is 14.7. The molecule has 1 unspecified atom stereocenters. The third-order valence-electron chi connectivity index (χ3n) is 3.90. The van der Waals surface area contributed by atoms with Gasteiger partial charge in [-0.15, -0.1) is 0 Å². The minimum Gasteiger partial charge on any atom is -0.390 e. The van der Waals surface area contributed by atoms with Crippen LogP contribution in [0.25, 0.3) is 10.8 Å². The van der Waals surface area contributed by atoms with Crippen LogP contribution in [0, 0.1) is 0 Å². The first kappa shape index (κ1) is 16.5. The lowest BCUT2D eigenvalue weighted by Gasteiger charge is -2.13. The topological polar surface area (TPSA) is 67.2 Å². The third kappa shape index (κ3) is 3.29. The fraction of sp³-hybridized carbons (Fsp3) is 0.222. The first-order valence-corrected chi connectivity index (χ1v) is 8.55. The largest absolute Gasteiger partial charge is 0.390 e. The number of anilines is 1. The molecular formula is C18H19N3O2S. The predicted octanol–water partition coefficient (Wildman–Crippen LogP) is 3.18. The number of carbonyl (C=O) groups is 1. The number of hydrogen-bond acceptors (Lipinski definition) is 4. The summed E-state index contributed by atoms with van der Waals surface area (Å²) >= 11 is 1.37. The van der Waals surface area contributed by atoms with E-state index < -0.39 is 0 Å². The number of thioether (sulfide) groups is 1. The van der Waals surface area contributed by atoms with Crippen LogP contribution in [0.2, 0.25) is 0 Å². The second kappa shape index (κ2) is 7.07. The minimum absolute atomic E-state index is 0.0688. The zero-order valence-electron chi connectivity index (χ0n) is 13.6. The Morgan fingerprint density at radius 2 is 2.04 bits per heavy atom. The van der Waals surface area contributed by atoms with Gasteiger partial charge in [0.15, 0.2) is 5.16 Å². The summed E-state index contributed by atoms with van der Waals surface area (Å²) in [7, 11) is 1.83. The Kier molecular flexibility index (Phi) is 4.87. The second-order valence-corrected chi connectivity index (χ2v) is 6.83. The van der Waals surface area contributed by atoms with Crippen LogP contribution < -0.4 is 5.32 Å². The SMILES string of the molecule is CC(Sc1ncc(CO)n1C)C(=O)Nc1cccc2ccccc12. The van der Waals surface area contributed by atoms with Crippen LogP contribution in [0.5, 0.6) is 0 Å². The molecule has 3 rings (SSSR count). The van der Waals surface area contributed by atoms with Crippen molar-refractivity contribution in [2.45, 2.75) is 23.9 Å². The van der Waals surface area contributed by atoms with Crippen LogP contribution in [0.15, 0.2) is 53.8 Å². The maximum atomic E-state index is 12.5. The van der Waals surface area contributed by atoms with E-state index in [1.165, 1.54) is 11.8 Å². The van der Waals surface area contributed by atoms with Crippen LogP contribution in [0.1, 0.15) is 12.6 Å². The maximum Gasteiger partial charge on any atom is 0.237 e. The van der Waals surface area contributed by atoms with Gasteiger partial charge in [-0.25, -0.2) is 4.98 Å². The highest BCUT2D eigenvalue weighted by Crippen LogP contribution is 2.26. The smallest absolute Gasteiger partial charge is 0.237 e. The summed E-state index contributed by atoms with van der Waals surface area (Å²) in [4.78, 5) is 16.8. The number of benzene rings is 2. The number of aliphatic hydroxyl groups is 1. The van der Waals surface area contributed by atoms with E-state index in [1.54, 1.807) is 10.8 Å². The minimum atomic E-state index is -0.309. The average Bonchev–Trinajstić information content (AvgIpc) is 2.95. The number of nitrogens with zero attached hydrogens (tertiary/aromatic N) is 2. The zero-order chi connectivity index (χ0) is 17.1. The number of amides is 1. The Morgan fingerprint density at radius 1 is 1.29 bits per heavy atom. The third-order valence-corrected chi connectivity index (χ3v) is 5.06. The monoisotopic (exact) mass is 341 g/mol. The number of imidazole rings is 1. The summed E-state index contributed by atoms with van der Waals surface area (Å²) in [5.74, 6) is -0.0788. The number of aliphatic hydroxyl groups excluding tert-OH is 1. The van der Waals surface area contributed by atoms with Gasteiger partial charge in [-0.05, 0) is 18.4 Å². The van der Waals surface area contributed by atoms with E-state index in [2.05, 4.69) is 10.3 Å². The number of rotatable bonds is 5. The van der Waals surface area contributed by atoms with Crippen LogP contribution >= 0.6 is 11.8 Å². The second-order valence-electron chi connectivity index (χ2n) is 5.53. The number of nitrogens with one attached hydrogen (secondary N) is 1. The van der Waals surface area contributed by atoms with Gasteiger partial charge in [0.2, 0.25) is 5.91 Å². The quantitative estimate of drug-likeness (QED) is 0.700. The maximum absolute atomic E-state index is 12.5. The molecule has 1 atom stereocenters. The lowest BCUT2D eigenvalue weighted by molar-refractivity contribution is -0.115. The average molecular weight is 341 g/mol. The highest BCUT2D eigenvalue weighted by molar-refractivity contribution is 8.00. The van der Waals surface area contributed by atoms with Crippen molar-refractivity contribution in [1.82, 2.24) is 9.55 Å². The van der Waals surface area contributed by atoms with Crippen molar-refractivity contribution in [2.24, 2.45) is 7.05 Å². The van der Waals surface area contributed by atoms with Crippen LogP contribution in [-0.2, 0) is 18.4 Å². The number of hydrogen-bond donors (Lipinski definition) is 2. The van der Waals surface area contributed by atoms with Gasteiger partial charge in [-0.2, -0.15) is 0 Å². The highest BCUT2D eigenvalue weighted by Gasteiger charge is 2.18. The van der Waals surface area contributed by atoms with Gasteiger partial charge in [-0.1, -0.05) is 48.2 Å². The molecule has 0 radical (unpaired) electrons. The van der Waals surface area contributed by atoms with Gasteiger partial charge in [0, 0.05) is 18.1 Å². The van der Waals surface area contributed by atoms with Crippen molar-refractivity contribution < 1.29 is 9.90 Å². The first-order valence-electron chi connectivity index (χ1n) is 7.67. The lowest BCUT2D eigenvalue weighted by Crippen LogP contribution is -2.23. The van der Waals surface area contributed by atoms with Crippen molar-refractivity contribution >= 4 is 34.1 Å². The summed E-state index contributed by atoms with van der Waals surface area (Å²) in [6, 6.07) is 13.8. The van der Waals surface area contributed by atoms with E-state index in [0.717, 1.165) is 22.2 Å². The van der Waals surface area contributed by atoms with Crippen molar-refractivity contribution in [1.29, 1.82) is 0 Å². The summed E-state index contributed by atoms with van der Waals surface area (Å²) < 4.78 is 1.80. The molecule has 1 heterocycles. The molecular weight excluding hydrogens is 322 g/mol. The Balaban J connectivity index is 1.75. The zero-order valence-corrected chi connectivity index (χ0v) is 14.4. The van der Waals surface area contributed by atoms with Gasteiger partial charge in [0.1, 0.15) is 0 Å². The van der Waals surface area contributed by atoms with Crippen LogP contribution in [0.4, 0.5) is 5.69 Å². The Morgan fingerprint density at radius 3 is 2.79 bits per heavy atom. The summed E-state index contributed by atoms with van der Waals surface area (Å²) in [6.45, 7) is 1.78. The van der Waals surface area contributed by atoms with Gasteiger partial charge >= 0.3 is 0 Å². The molecule has 1 aromatic heterocycles.